The van der Waals surface area contributed by atoms with Crippen molar-refractivity contribution >= 4 is 5.91 Å². The molecule has 0 aromatic carbocycles. The van der Waals surface area contributed by atoms with Gasteiger partial charge in [0.05, 0.1) is 0 Å². The van der Waals surface area contributed by atoms with Crippen LogP contribution in [-0.2, 0) is 4.79 Å². The smallest absolute Gasteiger partial charge is 0.222 e. The molecule has 1 rings (SSSR count). The lowest BCUT2D eigenvalue weighted by molar-refractivity contribution is -0.132. The van der Waals surface area contributed by atoms with E-state index in [0.29, 0.717) is 11.8 Å². The Labute approximate surface area is 93.4 Å². The highest BCUT2D eigenvalue weighted by Gasteiger charge is 2.21. The van der Waals surface area contributed by atoms with Crippen molar-refractivity contribution in [3.8, 4) is 0 Å². The van der Waals surface area contributed by atoms with Gasteiger partial charge in [0.15, 0.2) is 0 Å². The Morgan fingerprint density at radius 3 is 2.27 bits per heavy atom. The van der Waals surface area contributed by atoms with E-state index in [2.05, 4.69) is 25.8 Å². The van der Waals surface area contributed by atoms with Crippen LogP contribution in [0.4, 0.5) is 0 Å². The number of hydrogen-bond acceptors (Lipinski definition) is 2. The number of amides is 1. The van der Waals surface area contributed by atoms with Crippen LogP contribution in [0.3, 0.4) is 0 Å². The Bertz CT molecular complexity index is 194. The number of nitrogens with zero attached hydrogens (tertiary/aromatic N) is 2. The van der Waals surface area contributed by atoms with Crippen LogP contribution in [0.5, 0.6) is 0 Å². The van der Waals surface area contributed by atoms with Crippen LogP contribution in [0.25, 0.3) is 0 Å². The minimum atomic E-state index is 0.342. The molecule has 1 amide bonds. The van der Waals surface area contributed by atoms with Crippen molar-refractivity contribution in [3.05, 3.63) is 0 Å². The molecule has 1 aliphatic rings. The highest BCUT2D eigenvalue weighted by atomic mass is 16.2. The van der Waals surface area contributed by atoms with Crippen LogP contribution >= 0.6 is 0 Å². The summed E-state index contributed by atoms with van der Waals surface area (Å²) in [6.07, 6.45) is 3.13. The number of likely N-dealkylation sites (tertiary alicyclic amines) is 1. The van der Waals surface area contributed by atoms with Gasteiger partial charge in [-0.3, -0.25) is 4.79 Å². The second kappa shape index (κ2) is 6.11. The second-order valence-electron chi connectivity index (χ2n) is 4.52. The van der Waals surface area contributed by atoms with Crippen molar-refractivity contribution in [1.82, 2.24) is 9.80 Å². The predicted molar refractivity (Wildman–Crippen MR) is 62.8 cm³/mol. The Morgan fingerprint density at radius 1 is 1.27 bits per heavy atom. The van der Waals surface area contributed by atoms with Crippen molar-refractivity contribution in [3.63, 3.8) is 0 Å². The fourth-order valence-electron chi connectivity index (χ4n) is 2.22. The average Bonchev–Trinajstić information content (AvgIpc) is 2.23. The Balaban J connectivity index is 2.31. The van der Waals surface area contributed by atoms with Gasteiger partial charge in [0, 0.05) is 19.5 Å². The maximum absolute atomic E-state index is 11.9. The van der Waals surface area contributed by atoms with Gasteiger partial charge in [0.25, 0.3) is 0 Å². The first-order valence-electron chi connectivity index (χ1n) is 6.13. The van der Waals surface area contributed by atoms with Crippen molar-refractivity contribution in [2.24, 2.45) is 5.92 Å². The molecule has 0 aromatic rings. The summed E-state index contributed by atoms with van der Waals surface area (Å²) in [6, 6.07) is 0. The molecule has 1 fully saturated rings. The first-order valence-corrected chi connectivity index (χ1v) is 6.13. The molecule has 1 saturated heterocycles. The molecule has 1 aliphatic heterocycles. The van der Waals surface area contributed by atoms with Crippen molar-refractivity contribution in [2.45, 2.75) is 33.1 Å². The van der Waals surface area contributed by atoms with Gasteiger partial charge in [-0.1, -0.05) is 0 Å². The van der Waals surface area contributed by atoms with E-state index in [9.17, 15) is 4.79 Å². The van der Waals surface area contributed by atoms with E-state index in [1.165, 1.54) is 12.8 Å². The zero-order valence-electron chi connectivity index (χ0n) is 10.3. The van der Waals surface area contributed by atoms with Gasteiger partial charge in [-0.15, -0.1) is 0 Å². The van der Waals surface area contributed by atoms with E-state index in [4.69, 9.17) is 0 Å². The molecule has 0 saturated carbocycles. The van der Waals surface area contributed by atoms with E-state index in [0.717, 1.165) is 32.6 Å². The molecule has 3 heteroatoms. The van der Waals surface area contributed by atoms with Gasteiger partial charge in [0.2, 0.25) is 5.91 Å². The predicted octanol–water partition coefficient (Wildman–Crippen LogP) is 1.59. The van der Waals surface area contributed by atoms with E-state index in [1.54, 1.807) is 0 Å². The molecule has 0 atom stereocenters. The largest absolute Gasteiger partial charge is 0.343 e. The maximum Gasteiger partial charge on any atom is 0.222 e. The standard InChI is InChI=1S/C12H24N2O/c1-4-14(5-2)12(15)10-11-6-8-13(3)9-7-11/h11H,4-10H2,1-3H3. The summed E-state index contributed by atoms with van der Waals surface area (Å²) in [5.41, 5.74) is 0. The van der Waals surface area contributed by atoms with Crippen LogP contribution in [-0.4, -0.2) is 48.9 Å². The molecule has 0 aromatic heterocycles. The third kappa shape index (κ3) is 3.82. The topological polar surface area (TPSA) is 23.6 Å². The van der Waals surface area contributed by atoms with E-state index in [1.807, 2.05) is 4.90 Å². The van der Waals surface area contributed by atoms with E-state index < -0.39 is 0 Å². The van der Waals surface area contributed by atoms with E-state index in [-0.39, 0.29) is 0 Å². The number of carbonyl (C=O) groups excluding carboxylic acids is 1. The summed E-state index contributed by atoms with van der Waals surface area (Å²) >= 11 is 0. The summed E-state index contributed by atoms with van der Waals surface area (Å²) in [6.45, 7) is 8.10. The maximum atomic E-state index is 11.9. The lowest BCUT2D eigenvalue weighted by atomic mass is 9.93. The minimum absolute atomic E-state index is 0.342. The SMILES string of the molecule is CCN(CC)C(=O)CC1CCN(C)CC1. The van der Waals surface area contributed by atoms with Crippen LogP contribution in [0.2, 0.25) is 0 Å². The second-order valence-corrected chi connectivity index (χ2v) is 4.52. The van der Waals surface area contributed by atoms with Crippen LogP contribution in [0, 0.1) is 5.92 Å². The molecule has 0 spiro atoms. The van der Waals surface area contributed by atoms with Crippen LogP contribution in [0.1, 0.15) is 33.1 Å². The molecule has 3 nitrogen and oxygen atoms in total. The van der Waals surface area contributed by atoms with Crippen LogP contribution in [0.15, 0.2) is 0 Å². The molecule has 0 radical (unpaired) electrons. The third-order valence-corrected chi connectivity index (χ3v) is 3.42. The van der Waals surface area contributed by atoms with Gasteiger partial charge in [-0.05, 0) is 52.7 Å². The first-order chi connectivity index (χ1) is 7.17. The lowest BCUT2D eigenvalue weighted by Gasteiger charge is -2.30. The number of carbonyl (C=O) groups is 1. The van der Waals surface area contributed by atoms with Gasteiger partial charge < -0.3 is 9.80 Å². The molecule has 88 valence electrons. The third-order valence-electron chi connectivity index (χ3n) is 3.42. The number of hydrogen-bond donors (Lipinski definition) is 0. The van der Waals surface area contributed by atoms with Crippen molar-refractivity contribution in [2.75, 3.05) is 33.2 Å². The zero-order valence-corrected chi connectivity index (χ0v) is 10.3. The van der Waals surface area contributed by atoms with Gasteiger partial charge in [0.1, 0.15) is 0 Å². The normalized spacial score (nSPS) is 19.1. The molecule has 15 heavy (non-hydrogen) atoms. The van der Waals surface area contributed by atoms with Gasteiger partial charge in [-0.25, -0.2) is 0 Å². The summed E-state index contributed by atoms with van der Waals surface area (Å²) in [4.78, 5) is 16.2. The molecular formula is C12H24N2O. The van der Waals surface area contributed by atoms with Gasteiger partial charge in [-0.2, -0.15) is 0 Å². The zero-order chi connectivity index (χ0) is 11.3. The summed E-state index contributed by atoms with van der Waals surface area (Å²) in [5, 5.41) is 0. The molecule has 0 aliphatic carbocycles. The summed E-state index contributed by atoms with van der Waals surface area (Å²) in [7, 11) is 2.16. The van der Waals surface area contributed by atoms with E-state index >= 15 is 0 Å². The average molecular weight is 212 g/mol. The molecule has 0 bridgehead atoms. The first kappa shape index (κ1) is 12.5. The van der Waals surface area contributed by atoms with Crippen molar-refractivity contribution in [1.29, 1.82) is 0 Å². The Morgan fingerprint density at radius 2 is 1.80 bits per heavy atom. The molecule has 1 heterocycles. The Hall–Kier alpha value is -0.570. The number of rotatable bonds is 4. The monoisotopic (exact) mass is 212 g/mol. The highest BCUT2D eigenvalue weighted by Crippen LogP contribution is 2.20. The highest BCUT2D eigenvalue weighted by molar-refractivity contribution is 5.76. The fraction of sp³-hybridized carbons (Fsp3) is 0.917. The van der Waals surface area contributed by atoms with Crippen LogP contribution < -0.4 is 0 Å². The quantitative estimate of drug-likeness (QED) is 0.706. The molecule has 0 unspecified atom stereocenters. The summed E-state index contributed by atoms with van der Waals surface area (Å²) in [5.74, 6) is 0.962. The van der Waals surface area contributed by atoms with Crippen molar-refractivity contribution < 1.29 is 4.79 Å². The number of piperidine rings is 1. The minimum Gasteiger partial charge on any atom is -0.343 e. The molecular weight excluding hydrogens is 188 g/mol. The summed E-state index contributed by atoms with van der Waals surface area (Å²) < 4.78 is 0. The fourth-order valence-corrected chi connectivity index (χ4v) is 2.22. The Kier molecular flexibility index (Phi) is 5.09. The van der Waals surface area contributed by atoms with Gasteiger partial charge >= 0.3 is 0 Å². The lowest BCUT2D eigenvalue weighted by Crippen LogP contribution is -2.35. The molecule has 0 N–H and O–H groups in total.